The van der Waals surface area contributed by atoms with E-state index in [1.807, 2.05) is 13.8 Å². The third-order valence-corrected chi connectivity index (χ3v) is 4.85. The summed E-state index contributed by atoms with van der Waals surface area (Å²) in [6.45, 7) is 8.30. The Morgan fingerprint density at radius 2 is 1.80 bits per heavy atom. The van der Waals surface area contributed by atoms with Crippen molar-refractivity contribution >= 4 is 29.3 Å². The maximum absolute atomic E-state index is 5.40. The van der Waals surface area contributed by atoms with E-state index in [9.17, 15) is 0 Å². The fraction of sp³-hybridized carbons (Fsp3) is 1.00. The van der Waals surface area contributed by atoms with Gasteiger partial charge in [-0.15, -0.1) is 0 Å². The minimum Gasteiger partial charge on any atom is -0.156 e. The molecular formula is C6H14OPS2+. The van der Waals surface area contributed by atoms with E-state index in [2.05, 4.69) is 13.8 Å². The van der Waals surface area contributed by atoms with Crippen LogP contribution in [0.15, 0.2) is 0 Å². The first kappa shape index (κ1) is 10.8. The summed E-state index contributed by atoms with van der Waals surface area (Å²) in [5.74, 6) is 0. The molecule has 0 bridgehead atoms. The summed E-state index contributed by atoms with van der Waals surface area (Å²) in [5.41, 5.74) is 0. The highest BCUT2D eigenvalue weighted by Gasteiger charge is 2.18. The molecule has 0 aromatic heterocycles. The Bertz CT molecular complexity index is 102. The molecule has 0 amide bonds. The van der Waals surface area contributed by atoms with E-state index in [1.165, 1.54) is 0 Å². The fourth-order valence-corrected chi connectivity index (χ4v) is 4.87. The topological polar surface area (TPSA) is 9.23 Å². The van der Waals surface area contributed by atoms with Crippen molar-refractivity contribution in [2.24, 2.45) is 0 Å². The normalized spacial score (nSPS) is 12.8. The lowest BCUT2D eigenvalue weighted by atomic mass is 10.5. The first-order chi connectivity index (χ1) is 4.52. The number of hydrogen-bond acceptors (Lipinski definition) is 3. The van der Waals surface area contributed by atoms with Gasteiger partial charge in [0.15, 0.2) is 0 Å². The smallest absolute Gasteiger partial charge is 0.156 e. The predicted octanol–water partition coefficient (Wildman–Crippen LogP) is 3.33. The van der Waals surface area contributed by atoms with Gasteiger partial charge in [0, 0.05) is 5.25 Å². The van der Waals surface area contributed by atoms with Crippen molar-refractivity contribution in [2.45, 2.75) is 39.0 Å². The van der Waals surface area contributed by atoms with Crippen LogP contribution in [-0.4, -0.2) is 11.4 Å². The van der Waals surface area contributed by atoms with Crippen LogP contribution >= 0.6 is 17.5 Å². The molecule has 10 heavy (non-hydrogen) atoms. The Hall–Kier alpha value is 0.830. The Morgan fingerprint density at radius 1 is 1.30 bits per heavy atom. The molecule has 0 aromatic carbocycles. The van der Waals surface area contributed by atoms with E-state index in [4.69, 9.17) is 16.3 Å². The lowest BCUT2D eigenvalue weighted by molar-refractivity contribution is 0.284. The molecule has 1 atom stereocenters. The third-order valence-electron chi connectivity index (χ3n) is 0.594. The average Bonchev–Trinajstić information content (AvgIpc) is 1.58. The predicted molar refractivity (Wildman–Crippen MR) is 53.2 cm³/mol. The van der Waals surface area contributed by atoms with Gasteiger partial charge in [0.2, 0.25) is 11.8 Å². The van der Waals surface area contributed by atoms with E-state index >= 15 is 0 Å². The van der Waals surface area contributed by atoms with Crippen molar-refractivity contribution in [1.82, 2.24) is 0 Å². The van der Waals surface area contributed by atoms with Crippen LogP contribution in [-0.2, 0) is 16.3 Å². The van der Waals surface area contributed by atoms with Crippen molar-refractivity contribution < 1.29 is 4.52 Å². The Labute approximate surface area is 73.2 Å². The van der Waals surface area contributed by atoms with E-state index < -0.39 is 6.13 Å². The number of hydrogen-bond donors (Lipinski definition) is 0. The van der Waals surface area contributed by atoms with Gasteiger partial charge in [-0.1, -0.05) is 0 Å². The average molecular weight is 197 g/mol. The molecule has 0 N–H and O–H groups in total. The third kappa shape index (κ3) is 6.94. The van der Waals surface area contributed by atoms with Crippen LogP contribution < -0.4 is 0 Å². The van der Waals surface area contributed by atoms with Gasteiger partial charge >= 0.3 is 6.13 Å². The highest BCUT2D eigenvalue weighted by Crippen LogP contribution is 2.43. The van der Waals surface area contributed by atoms with Gasteiger partial charge in [0.05, 0.1) is 0 Å². The van der Waals surface area contributed by atoms with Crippen LogP contribution in [0.2, 0.25) is 0 Å². The van der Waals surface area contributed by atoms with Crippen LogP contribution in [0.4, 0.5) is 0 Å². The zero-order chi connectivity index (χ0) is 8.15. The molecule has 0 saturated carbocycles. The SMILES string of the molecule is CC(C)O[P+](=S)SC(C)C. The van der Waals surface area contributed by atoms with E-state index in [0.29, 0.717) is 5.25 Å². The van der Waals surface area contributed by atoms with E-state index in [0.717, 1.165) is 0 Å². The van der Waals surface area contributed by atoms with Crippen LogP contribution in [0.25, 0.3) is 0 Å². The standard InChI is InChI=1S/C6H14OPS2/c1-5(2)7-8(9)10-6(3)4/h5-6H,1-4H3/q+1. The zero-order valence-corrected chi connectivity index (χ0v) is 9.35. The second-order valence-electron chi connectivity index (χ2n) is 2.53. The van der Waals surface area contributed by atoms with Gasteiger partial charge in [0.25, 0.3) is 0 Å². The van der Waals surface area contributed by atoms with Crippen LogP contribution in [0, 0.1) is 0 Å². The zero-order valence-electron chi connectivity index (χ0n) is 6.83. The van der Waals surface area contributed by atoms with Gasteiger partial charge in [-0.05, 0) is 27.7 Å². The van der Waals surface area contributed by atoms with Gasteiger partial charge in [0.1, 0.15) is 17.5 Å². The van der Waals surface area contributed by atoms with Gasteiger partial charge in [-0.2, -0.15) is 4.52 Å². The molecular weight excluding hydrogens is 183 g/mol. The minimum atomic E-state index is -0.659. The second-order valence-corrected chi connectivity index (χ2v) is 7.66. The molecule has 0 aromatic rings. The summed E-state index contributed by atoms with van der Waals surface area (Å²) in [6, 6.07) is 0. The van der Waals surface area contributed by atoms with Gasteiger partial charge in [-0.3, -0.25) is 0 Å². The fourth-order valence-electron chi connectivity index (χ4n) is 0.369. The number of rotatable bonds is 4. The lowest BCUT2D eigenvalue weighted by Gasteiger charge is -1.96. The highest BCUT2D eigenvalue weighted by molar-refractivity contribution is 8.63. The van der Waals surface area contributed by atoms with Crippen LogP contribution in [0.5, 0.6) is 0 Å². The van der Waals surface area contributed by atoms with E-state index in [-0.39, 0.29) is 6.10 Å². The summed E-state index contributed by atoms with van der Waals surface area (Å²) < 4.78 is 5.40. The maximum atomic E-state index is 5.40. The Kier molecular flexibility index (Phi) is 5.93. The summed E-state index contributed by atoms with van der Waals surface area (Å²) in [4.78, 5) is 0. The molecule has 4 heteroatoms. The van der Waals surface area contributed by atoms with Crippen molar-refractivity contribution in [1.29, 1.82) is 0 Å². The summed E-state index contributed by atoms with van der Waals surface area (Å²) >= 11 is 6.84. The summed E-state index contributed by atoms with van der Waals surface area (Å²) in [5, 5.41) is 0.586. The molecule has 0 aliphatic carbocycles. The van der Waals surface area contributed by atoms with Gasteiger partial charge in [-0.25, -0.2) is 0 Å². The molecule has 0 rings (SSSR count). The second kappa shape index (κ2) is 5.48. The molecule has 0 radical (unpaired) electrons. The molecule has 1 nitrogen and oxygen atoms in total. The van der Waals surface area contributed by atoms with Crippen molar-refractivity contribution in [2.75, 3.05) is 0 Å². The van der Waals surface area contributed by atoms with Crippen LogP contribution in [0.1, 0.15) is 27.7 Å². The van der Waals surface area contributed by atoms with Crippen molar-refractivity contribution in [3.8, 4) is 0 Å². The molecule has 0 aliphatic heterocycles. The van der Waals surface area contributed by atoms with Gasteiger partial charge < -0.3 is 0 Å². The minimum absolute atomic E-state index is 0.273. The largest absolute Gasteiger partial charge is 0.414 e. The Morgan fingerprint density at radius 3 is 2.10 bits per heavy atom. The summed E-state index contributed by atoms with van der Waals surface area (Å²) in [6.07, 6.45) is -0.386. The first-order valence-electron chi connectivity index (χ1n) is 3.33. The van der Waals surface area contributed by atoms with E-state index in [1.54, 1.807) is 11.4 Å². The molecule has 0 spiro atoms. The quantitative estimate of drug-likeness (QED) is 0.640. The van der Waals surface area contributed by atoms with Crippen LogP contribution in [0.3, 0.4) is 0 Å². The molecule has 60 valence electrons. The summed E-state index contributed by atoms with van der Waals surface area (Å²) in [7, 11) is 0. The lowest BCUT2D eigenvalue weighted by Crippen LogP contribution is -1.93. The maximum Gasteiger partial charge on any atom is 0.414 e. The van der Waals surface area contributed by atoms with Crippen molar-refractivity contribution in [3.63, 3.8) is 0 Å². The Balaban J connectivity index is 3.44. The monoisotopic (exact) mass is 197 g/mol. The molecule has 0 fully saturated rings. The first-order valence-corrected chi connectivity index (χ1v) is 7.09. The highest BCUT2D eigenvalue weighted by atomic mass is 32.9. The molecule has 0 heterocycles. The molecule has 0 aliphatic rings. The molecule has 1 unspecified atom stereocenters. The molecule has 0 saturated heterocycles. The van der Waals surface area contributed by atoms with Crippen molar-refractivity contribution in [3.05, 3.63) is 0 Å².